The SMILES string of the molecule is O=C1COc2ccccc2C/C=C/CC2(CCN(C(=O)c3n[nH]c4c3CCC4)CC2)CN1. The number of nitrogens with zero attached hydrogens (tertiary/aromatic N) is 2. The highest BCUT2D eigenvalue weighted by Crippen LogP contribution is 2.36. The van der Waals surface area contributed by atoms with E-state index in [-0.39, 0.29) is 23.8 Å². The summed E-state index contributed by atoms with van der Waals surface area (Å²) in [4.78, 5) is 27.5. The highest BCUT2D eigenvalue weighted by Gasteiger charge is 2.37. The van der Waals surface area contributed by atoms with Gasteiger partial charge < -0.3 is 15.0 Å². The minimum absolute atomic E-state index is 0.0195. The first-order chi connectivity index (χ1) is 15.6. The van der Waals surface area contributed by atoms with Crippen molar-refractivity contribution in [3.63, 3.8) is 0 Å². The van der Waals surface area contributed by atoms with Gasteiger partial charge in [-0.3, -0.25) is 14.7 Å². The summed E-state index contributed by atoms with van der Waals surface area (Å²) < 4.78 is 5.77. The first-order valence-electron chi connectivity index (χ1n) is 11.6. The molecule has 5 rings (SSSR count). The van der Waals surface area contributed by atoms with E-state index in [0.29, 0.717) is 25.3 Å². The van der Waals surface area contributed by atoms with Crippen LogP contribution >= 0.6 is 0 Å². The molecule has 0 atom stereocenters. The molecule has 2 N–H and O–H groups in total. The largest absolute Gasteiger partial charge is 0.483 e. The number of nitrogens with one attached hydrogen (secondary N) is 2. The number of ether oxygens (including phenoxy) is 1. The van der Waals surface area contributed by atoms with Crippen LogP contribution in [-0.2, 0) is 24.1 Å². The van der Waals surface area contributed by atoms with Gasteiger partial charge in [0.2, 0.25) is 0 Å². The van der Waals surface area contributed by atoms with Crippen molar-refractivity contribution in [2.45, 2.75) is 44.9 Å². The smallest absolute Gasteiger partial charge is 0.274 e. The van der Waals surface area contributed by atoms with Gasteiger partial charge in [-0.2, -0.15) is 5.10 Å². The fourth-order valence-corrected chi connectivity index (χ4v) is 5.12. The van der Waals surface area contributed by atoms with Gasteiger partial charge in [-0.05, 0) is 62.0 Å². The molecule has 1 aromatic carbocycles. The standard InChI is InChI=1S/C25H30N4O3/c30-22-16-32-21-10-2-1-6-18(21)7-3-4-11-25(17-26-22)12-14-29(15-13-25)24(31)23-19-8-5-9-20(19)27-28-23/h1-4,6,10H,5,7-9,11-17H2,(H,26,30)(H,27,28)/b4-3+. The van der Waals surface area contributed by atoms with Crippen molar-refractivity contribution < 1.29 is 14.3 Å². The number of fused-ring (bicyclic) bond motifs is 2. The summed E-state index contributed by atoms with van der Waals surface area (Å²) in [6.07, 6.45) is 10.8. The first kappa shape index (κ1) is 20.8. The normalized spacial score (nSPS) is 21.5. The van der Waals surface area contributed by atoms with E-state index < -0.39 is 0 Å². The Morgan fingerprint density at radius 1 is 1.12 bits per heavy atom. The van der Waals surface area contributed by atoms with Crippen molar-refractivity contribution in [3.05, 3.63) is 58.9 Å². The van der Waals surface area contributed by atoms with Gasteiger partial charge in [0.05, 0.1) is 0 Å². The number of benzene rings is 1. The van der Waals surface area contributed by atoms with Crippen LogP contribution in [0.25, 0.3) is 0 Å². The van der Waals surface area contributed by atoms with Crippen LogP contribution in [0.1, 0.15) is 53.0 Å². The van der Waals surface area contributed by atoms with Crippen LogP contribution in [0, 0.1) is 5.41 Å². The highest BCUT2D eigenvalue weighted by molar-refractivity contribution is 5.94. The number of aromatic amines is 1. The highest BCUT2D eigenvalue weighted by atomic mass is 16.5. The van der Waals surface area contributed by atoms with E-state index in [4.69, 9.17) is 4.74 Å². The van der Waals surface area contributed by atoms with Crippen molar-refractivity contribution in [2.75, 3.05) is 26.2 Å². The van der Waals surface area contributed by atoms with Gasteiger partial charge in [0.25, 0.3) is 11.8 Å². The number of hydrogen-bond acceptors (Lipinski definition) is 4. The van der Waals surface area contributed by atoms with Gasteiger partial charge in [-0.1, -0.05) is 30.4 Å². The summed E-state index contributed by atoms with van der Waals surface area (Å²) in [5, 5.41) is 10.4. The van der Waals surface area contributed by atoms with E-state index in [9.17, 15) is 9.59 Å². The number of carbonyl (C=O) groups excluding carboxylic acids is 2. The average molecular weight is 435 g/mol. The van der Waals surface area contributed by atoms with Crippen molar-refractivity contribution >= 4 is 11.8 Å². The van der Waals surface area contributed by atoms with E-state index in [2.05, 4.69) is 27.7 Å². The Morgan fingerprint density at radius 2 is 1.97 bits per heavy atom. The Labute approximate surface area is 188 Å². The predicted octanol–water partition coefficient (Wildman–Crippen LogP) is 2.82. The number of aromatic nitrogens is 2. The number of para-hydroxylation sites is 1. The van der Waals surface area contributed by atoms with Gasteiger partial charge in [0.15, 0.2) is 12.3 Å². The number of carbonyl (C=O) groups is 2. The topological polar surface area (TPSA) is 87.3 Å². The Kier molecular flexibility index (Phi) is 5.72. The Bertz CT molecular complexity index is 1030. The third-order valence-electron chi connectivity index (χ3n) is 7.17. The third kappa shape index (κ3) is 4.16. The lowest BCUT2D eigenvalue weighted by Gasteiger charge is -2.41. The summed E-state index contributed by atoms with van der Waals surface area (Å²) in [7, 11) is 0. The van der Waals surface area contributed by atoms with E-state index in [1.807, 2.05) is 29.2 Å². The number of H-pyrrole nitrogens is 1. The maximum Gasteiger partial charge on any atom is 0.274 e. The lowest BCUT2D eigenvalue weighted by Crippen LogP contribution is -2.48. The second-order valence-electron chi connectivity index (χ2n) is 9.23. The second-order valence-corrected chi connectivity index (χ2v) is 9.23. The van der Waals surface area contributed by atoms with Crippen molar-refractivity contribution in [2.24, 2.45) is 5.41 Å². The molecule has 32 heavy (non-hydrogen) atoms. The fourth-order valence-electron chi connectivity index (χ4n) is 5.12. The minimum Gasteiger partial charge on any atom is -0.483 e. The molecule has 0 radical (unpaired) electrons. The molecule has 1 saturated heterocycles. The van der Waals surface area contributed by atoms with Crippen LogP contribution in [0.2, 0.25) is 0 Å². The summed E-state index contributed by atoms with van der Waals surface area (Å²) in [5.74, 6) is 0.700. The van der Waals surface area contributed by atoms with E-state index >= 15 is 0 Å². The van der Waals surface area contributed by atoms with Crippen molar-refractivity contribution in [3.8, 4) is 5.75 Å². The molecule has 0 bridgehead atoms. The maximum atomic E-state index is 13.1. The summed E-state index contributed by atoms with van der Waals surface area (Å²) in [6.45, 7) is 1.99. The number of likely N-dealkylation sites (tertiary alicyclic amines) is 1. The van der Waals surface area contributed by atoms with Crippen LogP contribution < -0.4 is 10.1 Å². The molecule has 1 aliphatic carbocycles. The van der Waals surface area contributed by atoms with Crippen molar-refractivity contribution in [1.82, 2.24) is 20.4 Å². The Hall–Kier alpha value is -3.09. The fraction of sp³-hybridized carbons (Fsp3) is 0.480. The summed E-state index contributed by atoms with van der Waals surface area (Å²) in [5.41, 5.74) is 3.87. The van der Waals surface area contributed by atoms with E-state index in [1.54, 1.807) is 0 Å². The lowest BCUT2D eigenvalue weighted by atomic mass is 9.75. The number of amides is 2. The maximum absolute atomic E-state index is 13.1. The molecular weight excluding hydrogens is 404 g/mol. The van der Waals surface area contributed by atoms with E-state index in [1.165, 1.54) is 0 Å². The van der Waals surface area contributed by atoms with Gasteiger partial charge in [-0.15, -0.1) is 0 Å². The van der Waals surface area contributed by atoms with E-state index in [0.717, 1.165) is 67.5 Å². The van der Waals surface area contributed by atoms with Gasteiger partial charge >= 0.3 is 0 Å². The van der Waals surface area contributed by atoms with Crippen molar-refractivity contribution in [1.29, 1.82) is 0 Å². The molecular formula is C25H30N4O3. The Balaban J connectivity index is 1.27. The van der Waals surface area contributed by atoms with Crippen LogP contribution in [-0.4, -0.2) is 53.2 Å². The average Bonchev–Trinajstić information content (AvgIpc) is 3.43. The number of piperidine rings is 1. The predicted molar refractivity (Wildman–Crippen MR) is 121 cm³/mol. The minimum atomic E-state index is -0.102. The van der Waals surface area contributed by atoms with Crippen LogP contribution in [0.4, 0.5) is 0 Å². The van der Waals surface area contributed by atoms with Gasteiger partial charge in [0, 0.05) is 30.9 Å². The molecule has 7 nitrogen and oxygen atoms in total. The Morgan fingerprint density at radius 3 is 2.84 bits per heavy atom. The molecule has 0 saturated carbocycles. The summed E-state index contributed by atoms with van der Waals surface area (Å²) >= 11 is 0. The number of hydrogen-bond donors (Lipinski definition) is 2. The van der Waals surface area contributed by atoms with Gasteiger partial charge in [-0.25, -0.2) is 0 Å². The quantitative estimate of drug-likeness (QED) is 0.676. The molecule has 1 aromatic heterocycles. The molecule has 2 aromatic rings. The zero-order valence-corrected chi connectivity index (χ0v) is 18.4. The van der Waals surface area contributed by atoms with Crippen LogP contribution in [0.15, 0.2) is 36.4 Å². The second kappa shape index (κ2) is 8.81. The van der Waals surface area contributed by atoms with Gasteiger partial charge in [0.1, 0.15) is 5.75 Å². The zero-order valence-electron chi connectivity index (χ0n) is 18.4. The molecule has 1 spiro atoms. The lowest BCUT2D eigenvalue weighted by molar-refractivity contribution is -0.123. The molecule has 1 fully saturated rings. The third-order valence-corrected chi connectivity index (χ3v) is 7.17. The van der Waals surface area contributed by atoms with Crippen LogP contribution in [0.3, 0.4) is 0 Å². The monoisotopic (exact) mass is 434 g/mol. The molecule has 168 valence electrons. The number of aryl methyl sites for hydroxylation is 1. The summed E-state index contributed by atoms with van der Waals surface area (Å²) in [6, 6.07) is 7.86. The molecule has 2 amide bonds. The van der Waals surface area contributed by atoms with Crippen LogP contribution in [0.5, 0.6) is 5.75 Å². The number of allylic oxidation sites excluding steroid dienone is 2. The molecule has 3 heterocycles. The molecule has 3 aliphatic rings. The zero-order chi connectivity index (χ0) is 22.0. The molecule has 2 aliphatic heterocycles. The number of rotatable bonds is 1. The first-order valence-corrected chi connectivity index (χ1v) is 11.6. The molecule has 7 heteroatoms. The molecule has 0 unspecified atom stereocenters.